The topological polar surface area (TPSA) is 39.2 Å². The molecule has 26 heavy (non-hydrogen) atoms. The molecule has 1 aliphatic rings. The number of carbonyl (C=O) groups is 1. The molecule has 0 bridgehead atoms. The smallest absolute Gasteiger partial charge is 0.195 e. The van der Waals surface area contributed by atoms with E-state index in [-0.39, 0.29) is 46.5 Å². The quantitative estimate of drug-likeness (QED) is 0.677. The third-order valence-electron chi connectivity index (χ3n) is 4.76. The van der Waals surface area contributed by atoms with Crippen LogP contribution in [0.2, 0.25) is 10.0 Å². The van der Waals surface area contributed by atoms with Crippen molar-refractivity contribution in [2.45, 2.75) is 37.5 Å². The highest BCUT2D eigenvalue weighted by atomic mass is 35.5. The Labute approximate surface area is 160 Å². The first-order valence-electron chi connectivity index (χ1n) is 8.20. The van der Waals surface area contributed by atoms with Crippen molar-refractivity contribution < 1.29 is 18.3 Å². The molecule has 1 aliphatic carbocycles. The number of methoxy groups -OCH3 is 1. The zero-order valence-corrected chi connectivity index (χ0v) is 15.6. The van der Waals surface area contributed by atoms with Crippen molar-refractivity contribution in [1.29, 1.82) is 0 Å². The highest BCUT2D eigenvalue weighted by molar-refractivity contribution is 6.35. The monoisotopic (exact) mass is 399 g/mol. The summed E-state index contributed by atoms with van der Waals surface area (Å²) in [5, 5.41) is 0.295. The lowest BCUT2D eigenvalue weighted by molar-refractivity contribution is -0.133. The summed E-state index contributed by atoms with van der Waals surface area (Å²) in [6.07, 6.45) is 1.37. The molecule has 1 aromatic carbocycles. The number of rotatable bonds is 5. The van der Waals surface area contributed by atoms with E-state index in [2.05, 4.69) is 4.98 Å². The number of alkyl halides is 1. The first-order valence-corrected chi connectivity index (χ1v) is 8.96. The molecule has 0 saturated carbocycles. The molecule has 0 unspecified atom stereocenters. The lowest BCUT2D eigenvalue weighted by Gasteiger charge is -2.33. The van der Waals surface area contributed by atoms with Crippen LogP contribution in [0.1, 0.15) is 42.2 Å². The van der Waals surface area contributed by atoms with Crippen LogP contribution in [0, 0.1) is 5.82 Å². The summed E-state index contributed by atoms with van der Waals surface area (Å²) >= 11 is 11.7. The number of carbonyl (C=O) groups excluding carboxylic acids is 1. The van der Waals surface area contributed by atoms with E-state index in [9.17, 15) is 9.18 Å². The fourth-order valence-electron chi connectivity index (χ4n) is 3.38. The van der Waals surface area contributed by atoms with E-state index >= 15 is 4.39 Å². The molecule has 2 aromatic rings. The van der Waals surface area contributed by atoms with Crippen LogP contribution in [0.4, 0.5) is 8.78 Å². The minimum Gasteiger partial charge on any atom is -0.375 e. The molecular weight excluding hydrogens is 383 g/mol. The Kier molecular flexibility index (Phi) is 5.61. The summed E-state index contributed by atoms with van der Waals surface area (Å²) in [7, 11) is 1.53. The maximum absolute atomic E-state index is 15.6. The molecule has 0 spiro atoms. The first-order chi connectivity index (χ1) is 12.4. The summed E-state index contributed by atoms with van der Waals surface area (Å²) in [4.78, 5) is 16.9. The third-order valence-corrected chi connectivity index (χ3v) is 5.31. The number of hydrogen-bond donors (Lipinski definition) is 0. The van der Waals surface area contributed by atoms with Gasteiger partial charge in [0.2, 0.25) is 0 Å². The summed E-state index contributed by atoms with van der Waals surface area (Å²) in [6.45, 7) is 0. The average molecular weight is 400 g/mol. The van der Waals surface area contributed by atoms with E-state index in [0.29, 0.717) is 12.1 Å². The lowest BCUT2D eigenvalue weighted by Crippen LogP contribution is -2.37. The highest BCUT2D eigenvalue weighted by Crippen LogP contribution is 2.44. The van der Waals surface area contributed by atoms with E-state index in [1.165, 1.54) is 13.2 Å². The zero-order chi connectivity index (χ0) is 18.9. The Morgan fingerprint density at radius 2 is 2.19 bits per heavy atom. The van der Waals surface area contributed by atoms with Gasteiger partial charge in [-0.25, -0.2) is 8.78 Å². The number of ether oxygens (including phenoxy) is 1. The molecule has 0 fully saturated rings. The van der Waals surface area contributed by atoms with Gasteiger partial charge in [-0.15, -0.1) is 0 Å². The molecule has 1 aromatic heterocycles. The van der Waals surface area contributed by atoms with Crippen LogP contribution in [0.5, 0.6) is 0 Å². The number of Topliss-reactive ketones (excluding diaryl/α,β-unsaturated/α-hetero) is 1. The standard InChI is InChI=1S/C19H17Cl2F2NO2/c1-26-16-6-7-19(23,13-3-2-8-24-18(13)16)17(25)5-4-12-14(21)9-11(20)10-15(12)22/h2-3,8-10,16H,4-7H2,1H3/t16-,19-/m0/s1. The molecule has 3 nitrogen and oxygen atoms in total. The van der Waals surface area contributed by atoms with Crippen molar-refractivity contribution in [3.05, 3.63) is 63.1 Å². The van der Waals surface area contributed by atoms with E-state index in [0.717, 1.165) is 6.07 Å². The molecule has 0 amide bonds. The maximum atomic E-state index is 15.6. The predicted octanol–water partition coefficient (Wildman–Crippen LogP) is 5.38. The molecular formula is C19H17Cl2F2NO2. The molecule has 2 atom stereocenters. The van der Waals surface area contributed by atoms with Gasteiger partial charge < -0.3 is 4.74 Å². The van der Waals surface area contributed by atoms with Gasteiger partial charge in [-0.1, -0.05) is 29.3 Å². The van der Waals surface area contributed by atoms with Crippen LogP contribution in [0.15, 0.2) is 30.5 Å². The minimum absolute atomic E-state index is 0.000133. The van der Waals surface area contributed by atoms with E-state index in [4.69, 9.17) is 27.9 Å². The second-order valence-electron chi connectivity index (χ2n) is 6.27. The van der Waals surface area contributed by atoms with Gasteiger partial charge in [-0.05, 0) is 37.5 Å². The number of aromatic nitrogens is 1. The molecule has 3 rings (SSSR count). The molecule has 1 heterocycles. The predicted molar refractivity (Wildman–Crippen MR) is 95.8 cm³/mol. The third kappa shape index (κ3) is 3.48. The van der Waals surface area contributed by atoms with Crippen LogP contribution in [-0.4, -0.2) is 17.9 Å². The molecule has 0 saturated heterocycles. The highest BCUT2D eigenvalue weighted by Gasteiger charge is 2.46. The molecule has 138 valence electrons. The number of benzene rings is 1. The number of ketones is 1. The molecule has 0 radical (unpaired) electrons. The number of halogens is 4. The number of hydrogen-bond acceptors (Lipinski definition) is 3. The SMILES string of the molecule is CO[C@H]1CC[C@@](F)(C(=O)CCc2c(F)cc(Cl)cc2Cl)c2cccnc21. The normalized spacial score (nSPS) is 22.1. The van der Waals surface area contributed by atoms with Crippen LogP contribution in [0.25, 0.3) is 0 Å². The van der Waals surface area contributed by atoms with Gasteiger partial charge in [0.1, 0.15) is 5.82 Å². The van der Waals surface area contributed by atoms with E-state index < -0.39 is 17.3 Å². The Balaban J connectivity index is 1.84. The van der Waals surface area contributed by atoms with Crippen LogP contribution < -0.4 is 0 Å². The van der Waals surface area contributed by atoms with Crippen molar-refractivity contribution >= 4 is 29.0 Å². The summed E-state index contributed by atoms with van der Waals surface area (Å²) in [5.41, 5.74) is -1.34. The number of nitrogens with zero attached hydrogens (tertiary/aromatic N) is 1. The zero-order valence-electron chi connectivity index (χ0n) is 14.1. The summed E-state index contributed by atoms with van der Waals surface area (Å²) in [5.74, 6) is -1.22. The Morgan fingerprint density at radius 3 is 2.88 bits per heavy atom. The van der Waals surface area contributed by atoms with Crippen LogP contribution in [-0.2, 0) is 21.6 Å². The van der Waals surface area contributed by atoms with Gasteiger partial charge in [-0.2, -0.15) is 0 Å². The van der Waals surface area contributed by atoms with Gasteiger partial charge in [0.25, 0.3) is 0 Å². The van der Waals surface area contributed by atoms with E-state index in [1.807, 2.05) is 0 Å². The van der Waals surface area contributed by atoms with Crippen molar-refractivity contribution in [3.63, 3.8) is 0 Å². The van der Waals surface area contributed by atoms with Gasteiger partial charge in [-0.3, -0.25) is 9.78 Å². The van der Waals surface area contributed by atoms with Crippen molar-refractivity contribution in [2.75, 3.05) is 7.11 Å². The minimum atomic E-state index is -2.16. The maximum Gasteiger partial charge on any atom is 0.195 e. The fraction of sp³-hybridized carbons (Fsp3) is 0.368. The van der Waals surface area contributed by atoms with Gasteiger partial charge in [0.05, 0.1) is 11.8 Å². The van der Waals surface area contributed by atoms with Gasteiger partial charge in [0, 0.05) is 40.9 Å². The van der Waals surface area contributed by atoms with Crippen LogP contribution in [0.3, 0.4) is 0 Å². The summed E-state index contributed by atoms with van der Waals surface area (Å²) < 4.78 is 35.0. The second kappa shape index (κ2) is 7.59. The van der Waals surface area contributed by atoms with Gasteiger partial charge in [0.15, 0.2) is 11.5 Å². The second-order valence-corrected chi connectivity index (χ2v) is 7.12. The van der Waals surface area contributed by atoms with Crippen molar-refractivity contribution in [1.82, 2.24) is 4.98 Å². The molecule has 0 N–H and O–H groups in total. The molecule has 7 heteroatoms. The van der Waals surface area contributed by atoms with Crippen molar-refractivity contribution in [2.24, 2.45) is 0 Å². The van der Waals surface area contributed by atoms with Crippen molar-refractivity contribution in [3.8, 4) is 0 Å². The Morgan fingerprint density at radius 1 is 1.42 bits per heavy atom. The fourth-order valence-corrected chi connectivity index (χ4v) is 3.94. The average Bonchev–Trinajstić information content (AvgIpc) is 2.61. The van der Waals surface area contributed by atoms with Crippen LogP contribution >= 0.6 is 23.2 Å². The lowest BCUT2D eigenvalue weighted by atomic mass is 9.77. The summed E-state index contributed by atoms with van der Waals surface area (Å²) in [6, 6.07) is 5.68. The largest absolute Gasteiger partial charge is 0.375 e. The van der Waals surface area contributed by atoms with Gasteiger partial charge >= 0.3 is 0 Å². The first kappa shape index (κ1) is 19.2. The number of fused-ring (bicyclic) bond motifs is 1. The number of pyridine rings is 1. The van der Waals surface area contributed by atoms with E-state index in [1.54, 1.807) is 18.3 Å². The Bertz CT molecular complexity index is 823. The molecule has 0 aliphatic heterocycles. The Hall–Kier alpha value is -1.56.